The predicted octanol–water partition coefficient (Wildman–Crippen LogP) is 6.37. The standard InChI is InChI=1S/C23H21NOS/c1-15-10-11-19(16(2)12-15)23-14-21(17-6-5-7-18(25)13-17)24-20-8-3-4-9-22(20)26-23/h3-13,23,25H,14H2,1-2H3. The molecule has 0 aliphatic carbocycles. The van der Waals surface area contributed by atoms with Crippen LogP contribution in [0.25, 0.3) is 0 Å². The number of nitrogens with zero attached hydrogens (tertiary/aromatic N) is 1. The molecule has 3 aromatic rings. The van der Waals surface area contributed by atoms with Crippen molar-refractivity contribution < 1.29 is 5.11 Å². The highest BCUT2D eigenvalue weighted by atomic mass is 32.2. The van der Waals surface area contributed by atoms with Gasteiger partial charge in [-0.1, -0.05) is 48.0 Å². The Hall–Kier alpha value is -2.52. The summed E-state index contributed by atoms with van der Waals surface area (Å²) >= 11 is 1.88. The minimum Gasteiger partial charge on any atom is -0.508 e. The normalized spacial score (nSPS) is 16.5. The summed E-state index contributed by atoms with van der Waals surface area (Å²) in [6.07, 6.45) is 0.826. The van der Waals surface area contributed by atoms with E-state index in [0.29, 0.717) is 5.25 Å². The summed E-state index contributed by atoms with van der Waals surface area (Å²) < 4.78 is 0. The first-order chi connectivity index (χ1) is 12.6. The van der Waals surface area contributed by atoms with E-state index in [1.54, 1.807) is 12.1 Å². The number of phenols is 1. The number of rotatable bonds is 2. The molecule has 0 radical (unpaired) electrons. The van der Waals surface area contributed by atoms with Crippen LogP contribution in [-0.4, -0.2) is 10.8 Å². The van der Waals surface area contributed by atoms with E-state index in [2.05, 4.69) is 50.2 Å². The van der Waals surface area contributed by atoms with Gasteiger partial charge in [0, 0.05) is 22.3 Å². The van der Waals surface area contributed by atoms with E-state index in [1.807, 2.05) is 30.0 Å². The summed E-state index contributed by atoms with van der Waals surface area (Å²) in [5, 5.41) is 10.2. The summed E-state index contributed by atoms with van der Waals surface area (Å²) in [5.74, 6) is 0.276. The molecule has 4 rings (SSSR count). The van der Waals surface area contributed by atoms with Crippen molar-refractivity contribution in [1.82, 2.24) is 0 Å². The van der Waals surface area contributed by atoms with Gasteiger partial charge in [0.2, 0.25) is 0 Å². The molecule has 3 heteroatoms. The van der Waals surface area contributed by atoms with Gasteiger partial charge in [0.1, 0.15) is 5.75 Å². The van der Waals surface area contributed by atoms with Gasteiger partial charge in [0.05, 0.1) is 5.69 Å². The molecule has 1 aliphatic rings. The van der Waals surface area contributed by atoms with Crippen LogP contribution in [-0.2, 0) is 0 Å². The van der Waals surface area contributed by atoms with Gasteiger partial charge in [0.15, 0.2) is 0 Å². The number of aliphatic imine (C=N–C) groups is 1. The molecular weight excluding hydrogens is 338 g/mol. The van der Waals surface area contributed by atoms with Crippen molar-refractivity contribution >= 4 is 23.2 Å². The Labute approximate surface area is 158 Å². The van der Waals surface area contributed by atoms with Gasteiger partial charge in [-0.25, -0.2) is 0 Å². The summed E-state index contributed by atoms with van der Waals surface area (Å²) in [5.41, 5.74) is 6.96. The SMILES string of the molecule is Cc1ccc(C2CC(c3cccc(O)c3)=Nc3ccccc3S2)c(C)c1. The maximum Gasteiger partial charge on any atom is 0.116 e. The molecule has 1 heterocycles. The monoisotopic (exact) mass is 359 g/mol. The quantitative estimate of drug-likeness (QED) is 0.577. The molecule has 3 aromatic carbocycles. The number of benzene rings is 3. The molecule has 0 amide bonds. The van der Waals surface area contributed by atoms with Gasteiger partial charge in [-0.15, -0.1) is 11.8 Å². The van der Waals surface area contributed by atoms with Gasteiger partial charge in [-0.3, -0.25) is 4.99 Å². The molecule has 0 saturated heterocycles. The summed E-state index contributed by atoms with van der Waals surface area (Å²) in [4.78, 5) is 6.16. The molecule has 130 valence electrons. The fourth-order valence-electron chi connectivity index (χ4n) is 3.44. The molecule has 1 N–H and O–H groups in total. The van der Waals surface area contributed by atoms with E-state index in [4.69, 9.17) is 4.99 Å². The Morgan fingerprint density at radius 2 is 1.81 bits per heavy atom. The number of hydrogen-bond donors (Lipinski definition) is 1. The third-order valence-electron chi connectivity index (χ3n) is 4.72. The van der Waals surface area contributed by atoms with Crippen molar-refractivity contribution in [1.29, 1.82) is 0 Å². The molecule has 1 aliphatic heterocycles. The number of thioether (sulfide) groups is 1. The minimum absolute atomic E-state index is 0.276. The first kappa shape index (κ1) is 16.9. The van der Waals surface area contributed by atoms with E-state index < -0.39 is 0 Å². The fourth-order valence-corrected chi connectivity index (χ4v) is 4.77. The number of fused-ring (bicyclic) bond motifs is 1. The average Bonchev–Trinajstić information content (AvgIpc) is 2.81. The van der Waals surface area contributed by atoms with E-state index in [0.717, 1.165) is 23.4 Å². The van der Waals surface area contributed by atoms with Crippen LogP contribution in [0.15, 0.2) is 76.6 Å². The summed E-state index contributed by atoms with van der Waals surface area (Å²) in [7, 11) is 0. The topological polar surface area (TPSA) is 32.6 Å². The second-order valence-electron chi connectivity index (χ2n) is 6.75. The Balaban J connectivity index is 1.82. The molecule has 0 aromatic heterocycles. The van der Waals surface area contributed by atoms with Crippen LogP contribution in [0, 0.1) is 13.8 Å². The number of aromatic hydroxyl groups is 1. The van der Waals surface area contributed by atoms with Gasteiger partial charge >= 0.3 is 0 Å². The fraction of sp³-hybridized carbons (Fsp3) is 0.174. The lowest BCUT2D eigenvalue weighted by molar-refractivity contribution is 0.475. The Morgan fingerprint density at radius 3 is 2.62 bits per heavy atom. The van der Waals surface area contributed by atoms with Crippen molar-refractivity contribution in [2.75, 3.05) is 0 Å². The predicted molar refractivity (Wildman–Crippen MR) is 110 cm³/mol. The highest BCUT2D eigenvalue weighted by molar-refractivity contribution is 7.99. The van der Waals surface area contributed by atoms with Crippen molar-refractivity contribution in [3.05, 3.63) is 89.0 Å². The number of phenolic OH excluding ortho intramolecular Hbond substituents is 1. The summed E-state index contributed by atoms with van der Waals surface area (Å²) in [6, 6.07) is 22.4. The lowest BCUT2D eigenvalue weighted by atomic mass is 9.97. The van der Waals surface area contributed by atoms with Crippen LogP contribution in [0.2, 0.25) is 0 Å². The molecule has 2 nitrogen and oxygen atoms in total. The first-order valence-electron chi connectivity index (χ1n) is 8.80. The van der Waals surface area contributed by atoms with E-state index in [-0.39, 0.29) is 5.75 Å². The first-order valence-corrected chi connectivity index (χ1v) is 9.68. The Kier molecular flexibility index (Phi) is 4.56. The molecule has 26 heavy (non-hydrogen) atoms. The number of hydrogen-bond acceptors (Lipinski definition) is 3. The zero-order valence-corrected chi connectivity index (χ0v) is 15.8. The highest BCUT2D eigenvalue weighted by Crippen LogP contribution is 2.46. The van der Waals surface area contributed by atoms with Crippen LogP contribution in [0.1, 0.15) is 33.9 Å². The number of aryl methyl sites for hydroxylation is 2. The van der Waals surface area contributed by atoms with E-state index in [1.165, 1.54) is 21.6 Å². The molecule has 0 fully saturated rings. The zero-order chi connectivity index (χ0) is 18.1. The smallest absolute Gasteiger partial charge is 0.116 e. The third kappa shape index (κ3) is 3.40. The molecule has 0 saturated carbocycles. The summed E-state index contributed by atoms with van der Waals surface area (Å²) in [6.45, 7) is 4.32. The maximum absolute atomic E-state index is 9.91. The van der Waals surface area contributed by atoms with Crippen LogP contribution >= 0.6 is 11.8 Å². The largest absolute Gasteiger partial charge is 0.508 e. The lowest BCUT2D eigenvalue weighted by Crippen LogP contribution is -2.06. The van der Waals surface area contributed by atoms with Gasteiger partial charge in [-0.05, 0) is 54.8 Å². The second-order valence-corrected chi connectivity index (χ2v) is 7.99. The molecular formula is C23H21NOS. The van der Waals surface area contributed by atoms with Crippen LogP contribution in [0.4, 0.5) is 5.69 Å². The van der Waals surface area contributed by atoms with Crippen molar-refractivity contribution in [3.8, 4) is 5.75 Å². The van der Waals surface area contributed by atoms with Crippen LogP contribution in [0.3, 0.4) is 0 Å². The maximum atomic E-state index is 9.91. The van der Waals surface area contributed by atoms with Crippen LogP contribution in [0.5, 0.6) is 5.75 Å². The van der Waals surface area contributed by atoms with Gasteiger partial charge in [-0.2, -0.15) is 0 Å². The van der Waals surface area contributed by atoms with E-state index >= 15 is 0 Å². The van der Waals surface area contributed by atoms with Crippen molar-refractivity contribution in [3.63, 3.8) is 0 Å². The van der Waals surface area contributed by atoms with Crippen molar-refractivity contribution in [2.45, 2.75) is 30.4 Å². The number of para-hydroxylation sites is 1. The molecule has 1 atom stereocenters. The minimum atomic E-state index is 0.276. The molecule has 0 spiro atoms. The Bertz CT molecular complexity index is 993. The third-order valence-corrected chi connectivity index (χ3v) is 6.02. The lowest BCUT2D eigenvalue weighted by Gasteiger charge is -2.19. The zero-order valence-electron chi connectivity index (χ0n) is 14.9. The second kappa shape index (κ2) is 7.00. The van der Waals surface area contributed by atoms with Crippen molar-refractivity contribution in [2.24, 2.45) is 4.99 Å². The molecule has 1 unspecified atom stereocenters. The van der Waals surface area contributed by atoms with Crippen LogP contribution < -0.4 is 0 Å². The Morgan fingerprint density at radius 1 is 0.962 bits per heavy atom. The van der Waals surface area contributed by atoms with Gasteiger partial charge in [0.25, 0.3) is 0 Å². The highest BCUT2D eigenvalue weighted by Gasteiger charge is 2.23. The van der Waals surface area contributed by atoms with E-state index in [9.17, 15) is 5.11 Å². The van der Waals surface area contributed by atoms with Gasteiger partial charge < -0.3 is 5.11 Å². The average molecular weight is 359 g/mol. The molecule has 0 bridgehead atoms.